The zero-order valence-electron chi connectivity index (χ0n) is 17.1. The minimum absolute atomic E-state index is 0.0117. The number of aryl methyl sites for hydroxylation is 1. The van der Waals surface area contributed by atoms with Crippen molar-refractivity contribution in [3.63, 3.8) is 0 Å². The number of rotatable bonds is 3. The maximum Gasteiger partial charge on any atom is 0.336 e. The molecule has 2 aromatic carbocycles. The first kappa shape index (κ1) is 19.4. The van der Waals surface area contributed by atoms with E-state index < -0.39 is 5.63 Å². The van der Waals surface area contributed by atoms with E-state index in [1.807, 2.05) is 48.2 Å². The van der Waals surface area contributed by atoms with Crippen molar-refractivity contribution in [2.45, 2.75) is 25.8 Å². The van der Waals surface area contributed by atoms with Gasteiger partial charge in [0.15, 0.2) is 0 Å². The van der Waals surface area contributed by atoms with Gasteiger partial charge in [-0.25, -0.2) is 4.79 Å². The third-order valence-corrected chi connectivity index (χ3v) is 5.84. The molecular formula is C24H26N2O3. The number of benzene rings is 2. The quantitative estimate of drug-likeness (QED) is 0.636. The second-order valence-electron chi connectivity index (χ2n) is 8.02. The van der Waals surface area contributed by atoms with E-state index >= 15 is 0 Å². The van der Waals surface area contributed by atoms with Crippen molar-refractivity contribution in [3.8, 4) is 11.1 Å². The van der Waals surface area contributed by atoms with Crippen molar-refractivity contribution < 1.29 is 9.21 Å². The molecule has 0 saturated carbocycles. The Morgan fingerprint density at radius 2 is 1.90 bits per heavy atom. The highest BCUT2D eigenvalue weighted by atomic mass is 16.4. The highest BCUT2D eigenvalue weighted by Gasteiger charge is 2.26. The lowest BCUT2D eigenvalue weighted by atomic mass is 9.97. The topological polar surface area (TPSA) is 53.8 Å². The molecule has 0 radical (unpaired) electrons. The molecule has 1 saturated heterocycles. The molecule has 1 aromatic heterocycles. The Morgan fingerprint density at radius 3 is 2.66 bits per heavy atom. The summed E-state index contributed by atoms with van der Waals surface area (Å²) in [5.74, 6) is -0.0117. The van der Waals surface area contributed by atoms with Gasteiger partial charge in [0.2, 0.25) is 0 Å². The highest BCUT2D eigenvalue weighted by Crippen LogP contribution is 2.30. The molecule has 2 heterocycles. The van der Waals surface area contributed by atoms with Gasteiger partial charge in [-0.2, -0.15) is 0 Å². The summed E-state index contributed by atoms with van der Waals surface area (Å²) in [7, 11) is 4.10. The van der Waals surface area contributed by atoms with Gasteiger partial charge in [-0.1, -0.05) is 24.3 Å². The Kier molecular flexibility index (Phi) is 5.24. The van der Waals surface area contributed by atoms with Crippen molar-refractivity contribution in [1.29, 1.82) is 0 Å². The van der Waals surface area contributed by atoms with Crippen molar-refractivity contribution in [3.05, 3.63) is 70.1 Å². The van der Waals surface area contributed by atoms with Crippen LogP contribution in [0.1, 0.15) is 28.8 Å². The first-order chi connectivity index (χ1) is 13.9. The average Bonchev–Trinajstić information content (AvgIpc) is 2.72. The number of carbonyl (C=O) groups excluding carboxylic acids is 1. The van der Waals surface area contributed by atoms with Crippen LogP contribution in [0.15, 0.2) is 57.7 Å². The normalized spacial score (nSPS) is 17.1. The van der Waals surface area contributed by atoms with Gasteiger partial charge >= 0.3 is 5.63 Å². The van der Waals surface area contributed by atoms with Gasteiger partial charge in [0.25, 0.3) is 5.91 Å². The molecule has 150 valence electrons. The Morgan fingerprint density at radius 1 is 1.10 bits per heavy atom. The first-order valence-electron chi connectivity index (χ1n) is 10.0. The summed E-state index contributed by atoms with van der Waals surface area (Å²) in [6.45, 7) is 3.50. The summed E-state index contributed by atoms with van der Waals surface area (Å²) < 4.78 is 5.47. The molecule has 1 aliphatic heterocycles. The van der Waals surface area contributed by atoms with E-state index in [4.69, 9.17) is 4.42 Å². The van der Waals surface area contributed by atoms with Gasteiger partial charge in [0, 0.05) is 41.7 Å². The van der Waals surface area contributed by atoms with Crippen LogP contribution < -0.4 is 5.63 Å². The number of nitrogens with zero attached hydrogens (tertiary/aromatic N) is 2. The Balaban J connectivity index is 1.73. The molecule has 0 N–H and O–H groups in total. The van der Waals surface area contributed by atoms with Crippen molar-refractivity contribution >= 4 is 16.9 Å². The minimum atomic E-state index is -0.411. The van der Waals surface area contributed by atoms with E-state index in [2.05, 4.69) is 19.0 Å². The van der Waals surface area contributed by atoms with Gasteiger partial charge in [0.05, 0.1) is 0 Å². The van der Waals surface area contributed by atoms with Crippen LogP contribution in [0.5, 0.6) is 0 Å². The van der Waals surface area contributed by atoms with Crippen LogP contribution in [0.4, 0.5) is 0 Å². The molecule has 3 aromatic rings. The third kappa shape index (κ3) is 3.83. The monoisotopic (exact) mass is 390 g/mol. The van der Waals surface area contributed by atoms with Crippen LogP contribution in [0, 0.1) is 6.92 Å². The van der Waals surface area contributed by atoms with E-state index in [0.717, 1.165) is 48.0 Å². The largest absolute Gasteiger partial charge is 0.423 e. The minimum Gasteiger partial charge on any atom is -0.423 e. The summed E-state index contributed by atoms with van der Waals surface area (Å²) in [4.78, 5) is 29.4. The molecule has 0 spiro atoms. The maximum atomic E-state index is 13.1. The molecular weight excluding hydrogens is 364 g/mol. The summed E-state index contributed by atoms with van der Waals surface area (Å²) in [6, 6.07) is 15.3. The summed E-state index contributed by atoms with van der Waals surface area (Å²) in [5.41, 5.74) is 3.51. The molecule has 5 nitrogen and oxygen atoms in total. The first-order valence-corrected chi connectivity index (χ1v) is 10.0. The molecule has 1 aliphatic rings. The fourth-order valence-electron chi connectivity index (χ4n) is 4.14. The Hall–Kier alpha value is -2.92. The van der Waals surface area contributed by atoms with Crippen LogP contribution in [-0.2, 0) is 0 Å². The lowest BCUT2D eigenvalue weighted by Crippen LogP contribution is -2.47. The standard InChI is InChI=1S/C24H26N2O3/c1-16-7-4-5-9-19(16)21-14-23(27)29-22-13-17(10-11-20(21)22)24(28)26-12-6-8-18(15-26)25(2)3/h4-5,7,9-11,13-14,18H,6,8,12,15H2,1-3H3. The van der Waals surface area contributed by atoms with E-state index in [0.29, 0.717) is 17.2 Å². The Labute approximate surface area is 170 Å². The Bertz CT molecular complexity index is 1120. The lowest BCUT2D eigenvalue weighted by molar-refractivity contribution is 0.0635. The van der Waals surface area contributed by atoms with Crippen LogP contribution >= 0.6 is 0 Å². The van der Waals surface area contributed by atoms with Gasteiger partial charge in [-0.15, -0.1) is 0 Å². The van der Waals surface area contributed by atoms with E-state index in [9.17, 15) is 9.59 Å². The second-order valence-corrected chi connectivity index (χ2v) is 8.02. The molecule has 4 rings (SSSR count). The third-order valence-electron chi connectivity index (χ3n) is 5.84. The molecule has 1 amide bonds. The summed E-state index contributed by atoms with van der Waals surface area (Å²) in [6.07, 6.45) is 2.10. The predicted molar refractivity (Wildman–Crippen MR) is 115 cm³/mol. The lowest BCUT2D eigenvalue weighted by Gasteiger charge is -2.36. The van der Waals surface area contributed by atoms with Crippen LogP contribution in [0.25, 0.3) is 22.1 Å². The van der Waals surface area contributed by atoms with E-state index in [-0.39, 0.29) is 5.91 Å². The number of fused-ring (bicyclic) bond motifs is 1. The predicted octanol–water partition coefficient (Wildman–Crippen LogP) is 3.93. The molecule has 5 heteroatoms. The molecule has 0 aliphatic carbocycles. The van der Waals surface area contributed by atoms with Gasteiger partial charge in [-0.3, -0.25) is 4.79 Å². The fourth-order valence-corrected chi connectivity index (χ4v) is 4.14. The van der Waals surface area contributed by atoms with Crippen LogP contribution in [-0.4, -0.2) is 48.9 Å². The number of piperidine rings is 1. The number of hydrogen-bond acceptors (Lipinski definition) is 4. The average molecular weight is 390 g/mol. The molecule has 0 bridgehead atoms. The van der Waals surface area contributed by atoms with Crippen molar-refractivity contribution in [1.82, 2.24) is 9.80 Å². The zero-order valence-corrected chi connectivity index (χ0v) is 17.1. The highest BCUT2D eigenvalue weighted by molar-refractivity contribution is 6.01. The number of likely N-dealkylation sites (tertiary alicyclic amines) is 1. The van der Waals surface area contributed by atoms with Gasteiger partial charge in [-0.05, 0) is 63.2 Å². The van der Waals surface area contributed by atoms with E-state index in [1.165, 1.54) is 6.07 Å². The van der Waals surface area contributed by atoms with Crippen LogP contribution in [0.2, 0.25) is 0 Å². The number of carbonyl (C=O) groups is 1. The second kappa shape index (κ2) is 7.84. The zero-order chi connectivity index (χ0) is 20.5. The maximum absolute atomic E-state index is 13.1. The molecule has 29 heavy (non-hydrogen) atoms. The van der Waals surface area contributed by atoms with Crippen molar-refractivity contribution in [2.24, 2.45) is 0 Å². The number of hydrogen-bond donors (Lipinski definition) is 0. The van der Waals surface area contributed by atoms with Gasteiger partial charge < -0.3 is 14.2 Å². The number of amides is 1. The fraction of sp³-hybridized carbons (Fsp3) is 0.333. The molecule has 1 unspecified atom stereocenters. The number of likely N-dealkylation sites (N-methyl/N-ethyl adjacent to an activating group) is 1. The molecule has 1 fully saturated rings. The molecule has 1 atom stereocenters. The smallest absolute Gasteiger partial charge is 0.336 e. The SMILES string of the molecule is Cc1ccccc1-c1cc(=O)oc2cc(C(=O)N3CCCC(N(C)C)C3)ccc12. The van der Waals surface area contributed by atoms with Crippen molar-refractivity contribution in [2.75, 3.05) is 27.2 Å². The van der Waals surface area contributed by atoms with E-state index in [1.54, 1.807) is 6.07 Å². The van der Waals surface area contributed by atoms with Gasteiger partial charge in [0.1, 0.15) is 5.58 Å². The van der Waals surface area contributed by atoms with Crippen LogP contribution in [0.3, 0.4) is 0 Å². The summed E-state index contributed by atoms with van der Waals surface area (Å²) in [5, 5.41) is 0.834. The summed E-state index contributed by atoms with van der Waals surface area (Å²) >= 11 is 0.